The Morgan fingerprint density at radius 2 is 1.36 bits per heavy atom. The van der Waals surface area contributed by atoms with Crippen molar-refractivity contribution in [2.24, 2.45) is 5.41 Å². The predicted molar refractivity (Wildman–Crippen MR) is 128 cm³/mol. The van der Waals surface area contributed by atoms with Gasteiger partial charge in [-0.15, -0.1) is 0 Å². The third-order valence-electron chi connectivity index (χ3n) is 5.10. The van der Waals surface area contributed by atoms with Crippen LogP contribution < -0.4 is 0 Å². The van der Waals surface area contributed by atoms with Gasteiger partial charge in [-0.25, -0.2) is 0 Å². The average molecular weight is 375 g/mol. The van der Waals surface area contributed by atoms with Crippen molar-refractivity contribution in [2.75, 3.05) is 0 Å². The van der Waals surface area contributed by atoms with Gasteiger partial charge in [-0.1, -0.05) is 116 Å². The highest BCUT2D eigenvalue weighted by Crippen LogP contribution is 2.40. The van der Waals surface area contributed by atoms with E-state index in [0.29, 0.717) is 5.41 Å². The van der Waals surface area contributed by atoms with E-state index in [-0.39, 0.29) is 0 Å². The minimum Gasteiger partial charge on any atom is -0.0991 e. The highest BCUT2D eigenvalue weighted by Gasteiger charge is 2.26. The second-order valence-corrected chi connectivity index (χ2v) is 8.34. The molecule has 0 atom stereocenters. The highest BCUT2D eigenvalue weighted by atomic mass is 14.3. The molecule has 0 N–H and O–H groups in total. The third kappa shape index (κ3) is 9.04. The van der Waals surface area contributed by atoms with E-state index in [0.717, 1.165) is 0 Å². The maximum absolute atomic E-state index is 3.68. The molecule has 0 aromatic carbocycles. The quantitative estimate of drug-likeness (QED) is 0.372. The molecule has 0 saturated carbocycles. The van der Waals surface area contributed by atoms with Gasteiger partial charge in [-0.3, -0.25) is 0 Å². The van der Waals surface area contributed by atoms with Gasteiger partial charge in [-0.2, -0.15) is 0 Å². The number of rotatable bonds is 8. The molecule has 0 spiro atoms. The Labute approximate surface area is 173 Å². The summed E-state index contributed by atoms with van der Waals surface area (Å²) in [4.78, 5) is 0. The van der Waals surface area contributed by atoms with Gasteiger partial charge in [0.15, 0.2) is 0 Å². The van der Waals surface area contributed by atoms with E-state index in [1.54, 1.807) is 11.6 Å². The van der Waals surface area contributed by atoms with E-state index in [1.807, 2.05) is 12.2 Å². The molecule has 0 radical (unpaired) electrons. The van der Waals surface area contributed by atoms with Crippen LogP contribution in [0.1, 0.15) is 60.8 Å². The van der Waals surface area contributed by atoms with Gasteiger partial charge < -0.3 is 0 Å². The molecule has 0 aliphatic heterocycles. The summed E-state index contributed by atoms with van der Waals surface area (Å²) in [6.45, 7) is 17.0. The SMILES string of the molecule is C=C/C=C/C(C)=C/C=C/C=C(C)/C=C/C=C(C)/C=C/C1=C(C)CCCC1(C)C. The number of hydrogen-bond donors (Lipinski definition) is 0. The topological polar surface area (TPSA) is 0 Å². The minimum absolute atomic E-state index is 0.300. The lowest BCUT2D eigenvalue weighted by molar-refractivity contribution is 0.377. The molecule has 0 saturated heterocycles. The highest BCUT2D eigenvalue weighted by molar-refractivity contribution is 5.37. The van der Waals surface area contributed by atoms with Crippen molar-refractivity contribution in [2.45, 2.75) is 60.8 Å². The van der Waals surface area contributed by atoms with Crippen LogP contribution in [-0.4, -0.2) is 0 Å². The Kier molecular flexibility index (Phi) is 10.3. The third-order valence-corrected chi connectivity index (χ3v) is 5.10. The second kappa shape index (κ2) is 12.2. The van der Waals surface area contributed by atoms with Crippen molar-refractivity contribution in [3.05, 3.63) is 107 Å². The summed E-state index contributed by atoms with van der Waals surface area (Å²) in [6.07, 6.45) is 29.0. The number of hydrogen-bond acceptors (Lipinski definition) is 0. The summed E-state index contributed by atoms with van der Waals surface area (Å²) in [7, 11) is 0. The lowest BCUT2D eigenvalue weighted by Crippen LogP contribution is -2.19. The first kappa shape index (κ1) is 23.7. The average Bonchev–Trinajstić information content (AvgIpc) is 2.62. The predicted octanol–water partition coefficient (Wildman–Crippen LogP) is 8.76. The molecule has 150 valence electrons. The van der Waals surface area contributed by atoms with Crippen LogP contribution in [0.15, 0.2) is 107 Å². The molecule has 0 aromatic heterocycles. The zero-order chi connectivity index (χ0) is 21.0. The van der Waals surface area contributed by atoms with Crippen LogP contribution in [0.25, 0.3) is 0 Å². The minimum atomic E-state index is 0.300. The van der Waals surface area contributed by atoms with E-state index >= 15 is 0 Å². The Hall–Kier alpha value is -2.34. The number of allylic oxidation sites excluding steroid dienone is 17. The zero-order valence-electron chi connectivity index (χ0n) is 18.8. The van der Waals surface area contributed by atoms with Crippen LogP contribution in [0.3, 0.4) is 0 Å². The molecule has 0 nitrogen and oxygen atoms in total. The van der Waals surface area contributed by atoms with Gasteiger partial charge in [0.2, 0.25) is 0 Å². The van der Waals surface area contributed by atoms with Gasteiger partial charge in [0.25, 0.3) is 0 Å². The standard InChI is InChI=1S/C28H38/c1-8-9-14-23(2)15-10-11-16-24(3)17-12-18-25(4)20-21-27-26(5)19-13-22-28(27,6)7/h8-12,14-18,20-21H,1,13,19,22H2,2-7H3/b11-10+,14-9+,17-12+,21-20+,23-15+,24-16+,25-18+. The lowest BCUT2D eigenvalue weighted by Gasteiger charge is -2.32. The van der Waals surface area contributed by atoms with Crippen molar-refractivity contribution in [3.8, 4) is 0 Å². The Morgan fingerprint density at radius 1 is 0.821 bits per heavy atom. The maximum Gasteiger partial charge on any atom is -0.0104 e. The normalized spacial score (nSPS) is 19.7. The van der Waals surface area contributed by atoms with Crippen molar-refractivity contribution in [1.82, 2.24) is 0 Å². The Bertz CT molecular complexity index is 765. The van der Waals surface area contributed by atoms with Crippen LogP contribution in [0.4, 0.5) is 0 Å². The Balaban J connectivity index is 2.67. The summed E-state index contributed by atoms with van der Waals surface area (Å²) in [5, 5.41) is 0. The van der Waals surface area contributed by atoms with Gasteiger partial charge >= 0.3 is 0 Å². The lowest BCUT2D eigenvalue weighted by atomic mass is 9.72. The van der Waals surface area contributed by atoms with Gasteiger partial charge in [0.1, 0.15) is 0 Å². The van der Waals surface area contributed by atoms with E-state index in [1.165, 1.54) is 41.6 Å². The van der Waals surface area contributed by atoms with Crippen LogP contribution >= 0.6 is 0 Å². The molecular formula is C28H38. The molecule has 0 unspecified atom stereocenters. The molecule has 0 amide bonds. The van der Waals surface area contributed by atoms with Gasteiger partial charge in [-0.05, 0) is 57.9 Å². The molecule has 1 aliphatic rings. The second-order valence-electron chi connectivity index (χ2n) is 8.34. The van der Waals surface area contributed by atoms with E-state index in [9.17, 15) is 0 Å². The van der Waals surface area contributed by atoms with Gasteiger partial charge in [0, 0.05) is 0 Å². The molecule has 1 rings (SSSR count). The van der Waals surface area contributed by atoms with E-state index in [4.69, 9.17) is 0 Å². The molecule has 0 heterocycles. The van der Waals surface area contributed by atoms with Crippen LogP contribution in [0, 0.1) is 5.41 Å². The largest absolute Gasteiger partial charge is 0.0991 e. The van der Waals surface area contributed by atoms with E-state index in [2.05, 4.69) is 103 Å². The summed E-state index contributed by atoms with van der Waals surface area (Å²) in [6, 6.07) is 0. The smallest absolute Gasteiger partial charge is 0.0104 e. The maximum atomic E-state index is 3.68. The molecule has 1 aliphatic carbocycles. The summed E-state index contributed by atoms with van der Waals surface area (Å²) in [5.41, 5.74) is 7.07. The van der Waals surface area contributed by atoms with Crippen molar-refractivity contribution >= 4 is 0 Å². The molecule has 0 aromatic rings. The first-order valence-corrected chi connectivity index (χ1v) is 10.3. The van der Waals surface area contributed by atoms with Crippen molar-refractivity contribution < 1.29 is 0 Å². The Morgan fingerprint density at radius 3 is 1.93 bits per heavy atom. The monoisotopic (exact) mass is 374 g/mol. The van der Waals surface area contributed by atoms with Gasteiger partial charge in [0.05, 0.1) is 0 Å². The molecule has 0 fully saturated rings. The first-order chi connectivity index (χ1) is 13.3. The van der Waals surface area contributed by atoms with Crippen molar-refractivity contribution in [3.63, 3.8) is 0 Å². The zero-order valence-corrected chi connectivity index (χ0v) is 18.8. The summed E-state index contributed by atoms with van der Waals surface area (Å²) >= 11 is 0. The fraction of sp³-hybridized carbons (Fsp3) is 0.357. The van der Waals surface area contributed by atoms with E-state index < -0.39 is 0 Å². The van der Waals surface area contributed by atoms with Crippen LogP contribution in [0.2, 0.25) is 0 Å². The van der Waals surface area contributed by atoms with Crippen LogP contribution in [-0.2, 0) is 0 Å². The molecule has 28 heavy (non-hydrogen) atoms. The molecular weight excluding hydrogens is 336 g/mol. The summed E-state index contributed by atoms with van der Waals surface area (Å²) < 4.78 is 0. The fourth-order valence-electron chi connectivity index (χ4n) is 3.38. The fourth-order valence-corrected chi connectivity index (χ4v) is 3.38. The first-order valence-electron chi connectivity index (χ1n) is 10.3. The van der Waals surface area contributed by atoms with Crippen LogP contribution in [0.5, 0.6) is 0 Å². The van der Waals surface area contributed by atoms with Crippen molar-refractivity contribution in [1.29, 1.82) is 0 Å². The summed E-state index contributed by atoms with van der Waals surface area (Å²) in [5.74, 6) is 0. The molecule has 0 heteroatoms. The molecule has 0 bridgehead atoms.